The van der Waals surface area contributed by atoms with Gasteiger partial charge in [-0.3, -0.25) is 0 Å². The number of thioether (sulfide) groups is 1. The Morgan fingerprint density at radius 1 is 1.12 bits per heavy atom. The summed E-state index contributed by atoms with van der Waals surface area (Å²) in [4.78, 5) is 0.999. The maximum atomic E-state index is 12.8. The van der Waals surface area contributed by atoms with E-state index in [0.29, 0.717) is 9.77 Å². The van der Waals surface area contributed by atoms with E-state index in [2.05, 4.69) is 0 Å². The highest BCUT2D eigenvalue weighted by Gasteiger charge is 2.35. The predicted molar refractivity (Wildman–Crippen MR) is 66.5 cm³/mol. The standard InChI is InChI=1S/C12H9F3S2/c1-16-11-9(12(13,14)15)7-17-10(11)8-5-3-2-4-6-8/h2-7H,1H3. The maximum Gasteiger partial charge on any atom is 0.418 e. The average Bonchev–Trinajstić information content (AvgIpc) is 2.73. The van der Waals surface area contributed by atoms with Crippen LogP contribution in [-0.4, -0.2) is 6.26 Å². The lowest BCUT2D eigenvalue weighted by Crippen LogP contribution is -2.04. The van der Waals surface area contributed by atoms with Gasteiger partial charge in [-0.2, -0.15) is 13.2 Å². The van der Waals surface area contributed by atoms with Crippen molar-refractivity contribution >= 4 is 23.1 Å². The van der Waals surface area contributed by atoms with Crippen molar-refractivity contribution in [2.45, 2.75) is 11.1 Å². The van der Waals surface area contributed by atoms with E-state index >= 15 is 0 Å². The summed E-state index contributed by atoms with van der Waals surface area (Å²) in [5.74, 6) is 0. The smallest absolute Gasteiger partial charge is 0.166 e. The Labute approximate surface area is 105 Å². The van der Waals surface area contributed by atoms with Crippen LogP contribution in [0.25, 0.3) is 10.4 Å². The summed E-state index contributed by atoms with van der Waals surface area (Å²) in [7, 11) is 0. The molecule has 1 aromatic heterocycles. The van der Waals surface area contributed by atoms with Gasteiger partial charge in [0.25, 0.3) is 0 Å². The Hall–Kier alpha value is -0.940. The summed E-state index contributed by atoms with van der Waals surface area (Å²) in [5.41, 5.74) is 0.297. The number of alkyl halides is 3. The highest BCUT2D eigenvalue weighted by molar-refractivity contribution is 7.99. The normalized spacial score (nSPS) is 11.8. The second kappa shape index (κ2) is 4.74. The molecule has 0 saturated carbocycles. The SMILES string of the molecule is CSc1c(C(F)(F)F)csc1-c1ccccc1. The summed E-state index contributed by atoms with van der Waals surface area (Å²) in [6.45, 7) is 0. The van der Waals surface area contributed by atoms with Gasteiger partial charge in [0.15, 0.2) is 0 Å². The molecule has 0 fully saturated rings. The molecule has 0 nitrogen and oxygen atoms in total. The molecule has 0 spiro atoms. The third-order valence-corrected chi connectivity index (χ3v) is 4.28. The van der Waals surface area contributed by atoms with E-state index in [9.17, 15) is 13.2 Å². The Balaban J connectivity index is 2.54. The van der Waals surface area contributed by atoms with Crippen LogP contribution in [0.15, 0.2) is 40.6 Å². The molecule has 2 rings (SSSR count). The summed E-state index contributed by atoms with van der Waals surface area (Å²) in [6.07, 6.45) is -2.61. The number of hydrogen-bond acceptors (Lipinski definition) is 2. The van der Waals surface area contributed by atoms with Gasteiger partial charge in [0.1, 0.15) is 0 Å². The largest absolute Gasteiger partial charge is 0.418 e. The lowest BCUT2D eigenvalue weighted by atomic mass is 10.1. The van der Waals surface area contributed by atoms with Gasteiger partial charge in [-0.05, 0) is 11.8 Å². The summed E-state index contributed by atoms with van der Waals surface area (Å²) in [6, 6.07) is 9.15. The zero-order valence-corrected chi connectivity index (χ0v) is 10.5. The molecule has 0 N–H and O–H groups in total. The molecule has 0 aliphatic carbocycles. The quantitative estimate of drug-likeness (QED) is 0.682. The molecule has 1 aromatic carbocycles. The number of hydrogen-bond donors (Lipinski definition) is 0. The minimum absolute atomic E-state index is 0.314. The van der Waals surface area contributed by atoms with Crippen LogP contribution in [0.4, 0.5) is 13.2 Å². The van der Waals surface area contributed by atoms with Crippen LogP contribution in [0.5, 0.6) is 0 Å². The highest BCUT2D eigenvalue weighted by Crippen LogP contribution is 2.45. The Morgan fingerprint density at radius 3 is 2.29 bits per heavy atom. The van der Waals surface area contributed by atoms with Crippen LogP contribution in [0.3, 0.4) is 0 Å². The van der Waals surface area contributed by atoms with Gasteiger partial charge >= 0.3 is 6.18 Å². The molecule has 0 unspecified atom stereocenters. The minimum atomic E-state index is -4.28. The van der Waals surface area contributed by atoms with Crippen molar-refractivity contribution in [1.29, 1.82) is 0 Å². The van der Waals surface area contributed by atoms with E-state index in [0.717, 1.165) is 28.7 Å². The van der Waals surface area contributed by atoms with Crippen LogP contribution >= 0.6 is 23.1 Å². The summed E-state index contributed by atoms with van der Waals surface area (Å²) >= 11 is 2.28. The van der Waals surface area contributed by atoms with Crippen molar-refractivity contribution in [3.63, 3.8) is 0 Å². The number of thiophene rings is 1. The molecule has 1 heterocycles. The third kappa shape index (κ3) is 2.50. The lowest BCUT2D eigenvalue weighted by Gasteiger charge is -2.07. The van der Waals surface area contributed by atoms with E-state index < -0.39 is 11.7 Å². The molecule has 0 bridgehead atoms. The summed E-state index contributed by atoms with van der Waals surface area (Å²) < 4.78 is 38.3. The third-order valence-electron chi connectivity index (χ3n) is 2.29. The predicted octanol–water partition coefficient (Wildman–Crippen LogP) is 5.16. The molecular formula is C12H9F3S2. The molecule has 5 heteroatoms. The minimum Gasteiger partial charge on any atom is -0.166 e. The Morgan fingerprint density at radius 2 is 1.76 bits per heavy atom. The van der Waals surface area contributed by atoms with Crippen LogP contribution < -0.4 is 0 Å². The number of rotatable bonds is 2. The first kappa shape index (κ1) is 12.5. The van der Waals surface area contributed by atoms with Crippen molar-refractivity contribution in [1.82, 2.24) is 0 Å². The van der Waals surface area contributed by atoms with Crippen molar-refractivity contribution in [2.24, 2.45) is 0 Å². The molecular weight excluding hydrogens is 265 g/mol. The van der Waals surface area contributed by atoms with Crippen LogP contribution in [0, 0.1) is 0 Å². The van der Waals surface area contributed by atoms with Crippen molar-refractivity contribution in [3.8, 4) is 10.4 Å². The second-order valence-electron chi connectivity index (χ2n) is 3.38. The van der Waals surface area contributed by atoms with Crippen LogP contribution in [0.2, 0.25) is 0 Å². The second-order valence-corrected chi connectivity index (χ2v) is 5.07. The van der Waals surface area contributed by atoms with Gasteiger partial charge in [-0.25, -0.2) is 0 Å². The molecule has 0 saturated heterocycles. The molecule has 0 aliphatic rings. The molecule has 2 aromatic rings. The maximum absolute atomic E-state index is 12.8. The Bertz CT molecular complexity index is 500. The molecule has 0 radical (unpaired) electrons. The fourth-order valence-corrected chi connectivity index (χ4v) is 3.68. The van der Waals surface area contributed by atoms with Gasteiger partial charge in [-0.1, -0.05) is 30.3 Å². The van der Waals surface area contributed by atoms with E-state index in [1.165, 1.54) is 5.38 Å². The zero-order chi connectivity index (χ0) is 12.5. The van der Waals surface area contributed by atoms with Gasteiger partial charge in [0, 0.05) is 15.2 Å². The van der Waals surface area contributed by atoms with E-state index in [4.69, 9.17) is 0 Å². The van der Waals surface area contributed by atoms with Crippen LogP contribution in [-0.2, 0) is 6.18 Å². The van der Waals surface area contributed by atoms with Gasteiger partial charge in [-0.15, -0.1) is 23.1 Å². The Kier molecular flexibility index (Phi) is 3.49. The highest BCUT2D eigenvalue weighted by atomic mass is 32.2. The molecule has 0 atom stereocenters. The fraction of sp³-hybridized carbons (Fsp3) is 0.167. The first-order valence-electron chi connectivity index (χ1n) is 4.82. The average molecular weight is 274 g/mol. The van der Waals surface area contributed by atoms with Gasteiger partial charge < -0.3 is 0 Å². The number of benzene rings is 1. The molecule has 90 valence electrons. The van der Waals surface area contributed by atoms with Crippen molar-refractivity contribution in [2.75, 3.05) is 6.26 Å². The molecule has 0 aliphatic heterocycles. The topological polar surface area (TPSA) is 0 Å². The van der Waals surface area contributed by atoms with E-state index in [-0.39, 0.29) is 0 Å². The van der Waals surface area contributed by atoms with E-state index in [1.807, 2.05) is 30.3 Å². The van der Waals surface area contributed by atoms with Crippen LogP contribution in [0.1, 0.15) is 5.56 Å². The first-order chi connectivity index (χ1) is 8.04. The van der Waals surface area contributed by atoms with Gasteiger partial charge in [0.2, 0.25) is 0 Å². The zero-order valence-electron chi connectivity index (χ0n) is 8.91. The molecule has 17 heavy (non-hydrogen) atoms. The number of halogens is 3. The van der Waals surface area contributed by atoms with E-state index in [1.54, 1.807) is 6.26 Å². The molecule has 0 amide bonds. The first-order valence-corrected chi connectivity index (χ1v) is 6.92. The summed E-state index contributed by atoms with van der Waals surface area (Å²) in [5, 5.41) is 1.19. The van der Waals surface area contributed by atoms with Crippen molar-refractivity contribution < 1.29 is 13.2 Å². The lowest BCUT2D eigenvalue weighted by molar-refractivity contribution is -0.139. The van der Waals surface area contributed by atoms with Crippen molar-refractivity contribution in [3.05, 3.63) is 41.3 Å². The van der Waals surface area contributed by atoms with Gasteiger partial charge in [0.05, 0.1) is 5.56 Å². The fourth-order valence-electron chi connectivity index (χ4n) is 1.53. The monoisotopic (exact) mass is 274 g/mol.